The zero-order valence-corrected chi connectivity index (χ0v) is 12.1. The number of hydrogen-bond acceptors (Lipinski definition) is 3. The molecule has 0 bridgehead atoms. The van der Waals surface area contributed by atoms with Crippen molar-refractivity contribution in [2.24, 2.45) is 16.7 Å². The fourth-order valence-electron chi connectivity index (χ4n) is 4.99. The third kappa shape index (κ3) is 1.38. The second-order valence-electron chi connectivity index (χ2n) is 7.31. The Bertz CT molecular complexity index is 469. The SMILES string of the molecule is CC1=C[C@@H]2CC[C@]3(O)C(=O)CC[C@]3(C)[C@@]2(C)C[C@@H]1O. The summed E-state index contributed by atoms with van der Waals surface area (Å²) >= 11 is 0. The largest absolute Gasteiger partial charge is 0.389 e. The molecule has 19 heavy (non-hydrogen) atoms. The molecule has 3 nitrogen and oxygen atoms in total. The summed E-state index contributed by atoms with van der Waals surface area (Å²) in [6.45, 7) is 6.20. The minimum atomic E-state index is -1.17. The second kappa shape index (κ2) is 3.70. The van der Waals surface area contributed by atoms with E-state index in [1.54, 1.807) is 0 Å². The number of Topliss-reactive ketones (excluding diaryl/α,β-unsaturated/α-hetero) is 1. The van der Waals surface area contributed by atoms with Crippen LogP contribution in [0.1, 0.15) is 52.9 Å². The third-order valence-electron chi connectivity index (χ3n) is 6.73. The van der Waals surface area contributed by atoms with Gasteiger partial charge in [-0.25, -0.2) is 0 Å². The van der Waals surface area contributed by atoms with Gasteiger partial charge in [0.05, 0.1) is 6.10 Å². The molecule has 0 aromatic heterocycles. The highest BCUT2D eigenvalue weighted by Gasteiger charge is 2.68. The van der Waals surface area contributed by atoms with Crippen molar-refractivity contribution in [3.63, 3.8) is 0 Å². The highest BCUT2D eigenvalue weighted by atomic mass is 16.3. The van der Waals surface area contributed by atoms with Gasteiger partial charge in [0.15, 0.2) is 5.78 Å². The van der Waals surface area contributed by atoms with E-state index in [1.165, 1.54) is 0 Å². The van der Waals surface area contributed by atoms with Crippen LogP contribution >= 0.6 is 0 Å². The predicted octanol–water partition coefficient (Wildman–Crippen LogP) is 2.21. The molecule has 5 atom stereocenters. The van der Waals surface area contributed by atoms with E-state index in [1.807, 2.05) is 6.92 Å². The summed E-state index contributed by atoms with van der Waals surface area (Å²) in [6.07, 6.45) is 5.05. The molecule has 0 saturated heterocycles. The summed E-state index contributed by atoms with van der Waals surface area (Å²) in [4.78, 5) is 12.2. The maximum atomic E-state index is 12.2. The number of rotatable bonds is 0. The van der Waals surface area contributed by atoms with Crippen molar-refractivity contribution in [1.82, 2.24) is 0 Å². The first-order valence-electron chi connectivity index (χ1n) is 7.37. The van der Waals surface area contributed by atoms with Crippen molar-refractivity contribution in [1.29, 1.82) is 0 Å². The number of carbonyl (C=O) groups excluding carboxylic acids is 1. The number of aliphatic hydroxyl groups is 2. The quantitative estimate of drug-likeness (QED) is 0.660. The zero-order valence-electron chi connectivity index (χ0n) is 12.1. The molecule has 0 aromatic carbocycles. The molecule has 2 N–H and O–H groups in total. The second-order valence-corrected chi connectivity index (χ2v) is 7.31. The van der Waals surface area contributed by atoms with Crippen molar-refractivity contribution in [2.75, 3.05) is 0 Å². The number of aliphatic hydroxyl groups excluding tert-OH is 1. The first-order valence-corrected chi connectivity index (χ1v) is 7.37. The molecule has 0 aliphatic heterocycles. The molecule has 0 aromatic rings. The van der Waals surface area contributed by atoms with Gasteiger partial charge in [-0.15, -0.1) is 0 Å². The molecule has 0 amide bonds. The summed E-state index contributed by atoms with van der Waals surface area (Å²) in [7, 11) is 0. The molecule has 2 fully saturated rings. The Morgan fingerprint density at radius 2 is 2.00 bits per heavy atom. The Hall–Kier alpha value is -0.670. The van der Waals surface area contributed by atoms with Gasteiger partial charge in [-0.05, 0) is 49.5 Å². The molecule has 0 unspecified atom stereocenters. The van der Waals surface area contributed by atoms with Crippen LogP contribution in [0.5, 0.6) is 0 Å². The highest BCUT2D eigenvalue weighted by molar-refractivity contribution is 5.91. The third-order valence-corrected chi connectivity index (χ3v) is 6.73. The first kappa shape index (κ1) is 13.3. The van der Waals surface area contributed by atoms with Crippen LogP contribution in [0.25, 0.3) is 0 Å². The monoisotopic (exact) mass is 264 g/mol. The number of hydrogen-bond donors (Lipinski definition) is 2. The number of ketones is 1. The summed E-state index contributed by atoms with van der Waals surface area (Å²) in [5.74, 6) is 0.377. The molecule has 2 saturated carbocycles. The fraction of sp³-hybridized carbons (Fsp3) is 0.812. The smallest absolute Gasteiger partial charge is 0.164 e. The van der Waals surface area contributed by atoms with Gasteiger partial charge in [0.2, 0.25) is 0 Å². The predicted molar refractivity (Wildman–Crippen MR) is 72.5 cm³/mol. The number of fused-ring (bicyclic) bond motifs is 3. The molecular formula is C16H24O3. The lowest BCUT2D eigenvalue weighted by Gasteiger charge is -2.60. The maximum Gasteiger partial charge on any atom is 0.164 e. The van der Waals surface area contributed by atoms with E-state index in [-0.39, 0.29) is 11.2 Å². The van der Waals surface area contributed by atoms with E-state index in [4.69, 9.17) is 0 Å². The van der Waals surface area contributed by atoms with Gasteiger partial charge in [0, 0.05) is 11.8 Å². The van der Waals surface area contributed by atoms with Crippen molar-refractivity contribution >= 4 is 5.78 Å². The lowest BCUT2D eigenvalue weighted by atomic mass is 9.45. The minimum Gasteiger partial charge on any atom is -0.389 e. The van der Waals surface area contributed by atoms with Crippen LogP contribution in [-0.4, -0.2) is 27.7 Å². The Morgan fingerprint density at radius 3 is 2.68 bits per heavy atom. The Balaban J connectivity index is 2.11. The van der Waals surface area contributed by atoms with Crippen molar-refractivity contribution in [2.45, 2.75) is 64.6 Å². The molecular weight excluding hydrogens is 240 g/mol. The van der Waals surface area contributed by atoms with E-state index in [0.717, 1.165) is 18.4 Å². The topological polar surface area (TPSA) is 57.5 Å². The van der Waals surface area contributed by atoms with Gasteiger partial charge in [-0.3, -0.25) is 4.79 Å². The van der Waals surface area contributed by atoms with E-state index in [0.29, 0.717) is 25.2 Å². The van der Waals surface area contributed by atoms with Crippen LogP contribution in [-0.2, 0) is 4.79 Å². The average Bonchev–Trinajstić information content (AvgIpc) is 2.58. The van der Waals surface area contributed by atoms with Gasteiger partial charge >= 0.3 is 0 Å². The van der Waals surface area contributed by atoms with Gasteiger partial charge in [-0.2, -0.15) is 0 Å². The van der Waals surface area contributed by atoms with E-state index in [9.17, 15) is 15.0 Å². The lowest BCUT2D eigenvalue weighted by molar-refractivity contribution is -0.186. The molecule has 3 aliphatic carbocycles. The van der Waals surface area contributed by atoms with Gasteiger partial charge in [0.25, 0.3) is 0 Å². The van der Waals surface area contributed by atoms with Crippen LogP contribution < -0.4 is 0 Å². The average molecular weight is 264 g/mol. The normalized spacial score (nSPS) is 53.5. The van der Waals surface area contributed by atoms with E-state index >= 15 is 0 Å². The Morgan fingerprint density at radius 1 is 1.32 bits per heavy atom. The standard InChI is InChI=1S/C16H24O3/c1-10-8-11-4-7-16(19)13(18)5-6-15(16,3)14(11,2)9-12(10)17/h8,11-12,17,19H,4-7,9H2,1-3H3/t11-,12-,14-,15+,16-/m0/s1. The first-order chi connectivity index (χ1) is 8.74. The van der Waals surface area contributed by atoms with Crippen LogP contribution in [0.4, 0.5) is 0 Å². The molecule has 0 spiro atoms. The van der Waals surface area contributed by atoms with Crippen molar-refractivity contribution < 1.29 is 15.0 Å². The van der Waals surface area contributed by atoms with Crippen LogP contribution in [0.3, 0.4) is 0 Å². The fourth-order valence-corrected chi connectivity index (χ4v) is 4.99. The number of allylic oxidation sites excluding steroid dienone is 1. The van der Waals surface area contributed by atoms with E-state index in [2.05, 4.69) is 19.9 Å². The van der Waals surface area contributed by atoms with Crippen molar-refractivity contribution in [3.8, 4) is 0 Å². The lowest BCUT2D eigenvalue weighted by Crippen LogP contribution is -2.62. The highest BCUT2D eigenvalue weighted by Crippen LogP contribution is 2.67. The summed E-state index contributed by atoms with van der Waals surface area (Å²) in [5, 5.41) is 21.2. The summed E-state index contributed by atoms with van der Waals surface area (Å²) in [6, 6.07) is 0. The minimum absolute atomic E-state index is 0.00967. The Labute approximate surface area is 114 Å². The zero-order chi connectivity index (χ0) is 14.1. The molecule has 0 radical (unpaired) electrons. The van der Waals surface area contributed by atoms with Gasteiger partial charge in [-0.1, -0.05) is 19.9 Å². The summed E-state index contributed by atoms with van der Waals surface area (Å²) < 4.78 is 0. The molecule has 106 valence electrons. The molecule has 0 heterocycles. The molecule has 3 aliphatic rings. The molecule has 3 rings (SSSR count). The van der Waals surface area contributed by atoms with Crippen LogP contribution in [0.15, 0.2) is 11.6 Å². The van der Waals surface area contributed by atoms with Gasteiger partial charge in [0.1, 0.15) is 5.60 Å². The van der Waals surface area contributed by atoms with Crippen LogP contribution in [0, 0.1) is 16.7 Å². The van der Waals surface area contributed by atoms with Crippen molar-refractivity contribution in [3.05, 3.63) is 11.6 Å². The Kier molecular flexibility index (Phi) is 2.60. The summed E-state index contributed by atoms with van der Waals surface area (Å²) in [5.41, 5.74) is -0.721. The maximum absolute atomic E-state index is 12.2. The van der Waals surface area contributed by atoms with Gasteiger partial charge < -0.3 is 10.2 Å². The molecule has 3 heteroatoms. The van der Waals surface area contributed by atoms with Crippen LogP contribution in [0.2, 0.25) is 0 Å². The van der Waals surface area contributed by atoms with E-state index < -0.39 is 17.1 Å². The number of carbonyl (C=O) groups is 1.